The largest absolute Gasteiger partial charge is 0.295 e. The summed E-state index contributed by atoms with van der Waals surface area (Å²) < 4.78 is 0. The quantitative estimate of drug-likeness (QED) is 0.729. The first-order valence-corrected chi connectivity index (χ1v) is 8.07. The number of carbonyl (C=O) groups excluding carboxylic acids is 2. The van der Waals surface area contributed by atoms with Crippen LogP contribution in [0.4, 0.5) is 0 Å². The van der Waals surface area contributed by atoms with Crippen LogP contribution in [0.2, 0.25) is 0 Å². The Morgan fingerprint density at radius 3 is 2.17 bits per heavy atom. The van der Waals surface area contributed by atoms with Crippen molar-refractivity contribution < 1.29 is 9.59 Å². The zero-order chi connectivity index (χ0) is 17.1. The number of Topliss-reactive ketones (excluding diaryl/α,β-unsaturated/α-hetero) is 2. The summed E-state index contributed by atoms with van der Waals surface area (Å²) in [6.45, 7) is 9.57. The fourth-order valence-electron chi connectivity index (χ4n) is 2.93. The molecule has 0 aromatic heterocycles. The summed E-state index contributed by atoms with van der Waals surface area (Å²) >= 11 is 0. The zero-order valence-electron chi connectivity index (χ0n) is 14.6. The van der Waals surface area contributed by atoms with Crippen molar-refractivity contribution in [2.75, 3.05) is 0 Å². The van der Waals surface area contributed by atoms with Gasteiger partial charge in [0.05, 0.1) is 0 Å². The van der Waals surface area contributed by atoms with Gasteiger partial charge >= 0.3 is 0 Å². The molecule has 0 aliphatic carbocycles. The lowest BCUT2D eigenvalue weighted by Crippen LogP contribution is -2.07. The second-order valence-electron chi connectivity index (χ2n) is 6.19. The minimum atomic E-state index is 0.0781. The van der Waals surface area contributed by atoms with Crippen LogP contribution in [-0.4, -0.2) is 11.6 Å². The van der Waals surface area contributed by atoms with Crippen LogP contribution < -0.4 is 0 Å². The third kappa shape index (κ3) is 3.58. The number of hydrogen-bond donors (Lipinski definition) is 0. The van der Waals surface area contributed by atoms with Crippen molar-refractivity contribution in [1.29, 1.82) is 0 Å². The lowest BCUT2D eigenvalue weighted by atomic mass is 9.89. The molecule has 0 saturated carbocycles. The maximum Gasteiger partial charge on any atom is 0.162 e. The number of carbonyl (C=O) groups is 2. The van der Waals surface area contributed by atoms with E-state index in [1.807, 2.05) is 45.0 Å². The molecule has 0 N–H and O–H groups in total. The molecule has 120 valence electrons. The highest BCUT2D eigenvalue weighted by molar-refractivity contribution is 5.98. The first kappa shape index (κ1) is 17.1. The van der Waals surface area contributed by atoms with Gasteiger partial charge in [-0.1, -0.05) is 31.2 Å². The Hall–Kier alpha value is -2.22. The third-order valence-electron chi connectivity index (χ3n) is 4.55. The molecule has 0 spiro atoms. The summed E-state index contributed by atoms with van der Waals surface area (Å²) in [5.74, 6) is 0.248. The van der Waals surface area contributed by atoms with Gasteiger partial charge in [0.1, 0.15) is 0 Å². The topological polar surface area (TPSA) is 34.1 Å². The fraction of sp³-hybridized carbons (Fsp3) is 0.333. The van der Waals surface area contributed by atoms with Crippen molar-refractivity contribution in [2.45, 2.75) is 47.5 Å². The van der Waals surface area contributed by atoms with Crippen molar-refractivity contribution in [3.05, 3.63) is 69.3 Å². The van der Waals surface area contributed by atoms with Gasteiger partial charge in [-0.2, -0.15) is 0 Å². The van der Waals surface area contributed by atoms with E-state index >= 15 is 0 Å². The Morgan fingerprint density at radius 2 is 1.57 bits per heavy atom. The minimum Gasteiger partial charge on any atom is -0.295 e. The predicted octanol–water partition coefficient (Wildman–Crippen LogP) is 5.00. The van der Waals surface area contributed by atoms with Gasteiger partial charge in [-0.3, -0.25) is 9.59 Å². The Kier molecular flexibility index (Phi) is 5.15. The molecule has 0 aliphatic rings. The van der Waals surface area contributed by atoms with Gasteiger partial charge in [0.15, 0.2) is 11.6 Å². The lowest BCUT2D eigenvalue weighted by Gasteiger charge is -2.14. The van der Waals surface area contributed by atoms with E-state index in [9.17, 15) is 9.59 Å². The number of benzene rings is 2. The smallest absolute Gasteiger partial charge is 0.162 e. The van der Waals surface area contributed by atoms with Crippen molar-refractivity contribution in [3.8, 4) is 0 Å². The minimum absolute atomic E-state index is 0.0781. The molecule has 0 heterocycles. The summed E-state index contributed by atoms with van der Waals surface area (Å²) in [6, 6.07) is 9.93. The SMILES string of the molecule is CCC(=O)c1cc(C)c(C)cc1Cc1cccc(C(C)=O)c1C. The molecule has 0 aliphatic heterocycles. The molecule has 0 bridgehead atoms. The summed E-state index contributed by atoms with van der Waals surface area (Å²) in [6.07, 6.45) is 1.18. The van der Waals surface area contributed by atoms with Crippen LogP contribution >= 0.6 is 0 Å². The highest BCUT2D eigenvalue weighted by Gasteiger charge is 2.14. The molecule has 0 atom stereocenters. The van der Waals surface area contributed by atoms with E-state index in [-0.39, 0.29) is 11.6 Å². The van der Waals surface area contributed by atoms with Crippen molar-refractivity contribution in [3.63, 3.8) is 0 Å². The van der Waals surface area contributed by atoms with Crippen molar-refractivity contribution in [1.82, 2.24) is 0 Å². The van der Waals surface area contributed by atoms with Gasteiger partial charge in [-0.25, -0.2) is 0 Å². The molecular weight excluding hydrogens is 284 g/mol. The van der Waals surface area contributed by atoms with Crippen LogP contribution in [0.1, 0.15) is 68.8 Å². The summed E-state index contributed by atoms with van der Waals surface area (Å²) in [5.41, 5.74) is 7.05. The van der Waals surface area contributed by atoms with E-state index in [4.69, 9.17) is 0 Å². The van der Waals surface area contributed by atoms with Gasteiger partial charge in [0.25, 0.3) is 0 Å². The monoisotopic (exact) mass is 308 g/mol. The Labute approximate surface area is 138 Å². The van der Waals surface area contributed by atoms with E-state index in [0.717, 1.165) is 33.4 Å². The maximum atomic E-state index is 12.3. The molecule has 23 heavy (non-hydrogen) atoms. The molecule has 2 aromatic rings. The summed E-state index contributed by atoms with van der Waals surface area (Å²) in [7, 11) is 0. The molecule has 0 unspecified atom stereocenters. The van der Waals surface area contributed by atoms with Crippen LogP contribution in [0.15, 0.2) is 30.3 Å². The van der Waals surface area contributed by atoms with Gasteiger partial charge in [-0.05, 0) is 68.0 Å². The van der Waals surface area contributed by atoms with E-state index in [0.29, 0.717) is 12.8 Å². The Morgan fingerprint density at radius 1 is 0.913 bits per heavy atom. The standard InChI is InChI=1S/C21H24O2/c1-6-21(23)20-11-14(3)13(2)10-18(20)12-17-8-7-9-19(15(17)4)16(5)22/h7-11H,6,12H2,1-5H3. The van der Waals surface area contributed by atoms with Crippen LogP contribution in [0.3, 0.4) is 0 Å². The number of hydrogen-bond acceptors (Lipinski definition) is 2. The molecule has 0 saturated heterocycles. The van der Waals surface area contributed by atoms with Crippen molar-refractivity contribution in [2.24, 2.45) is 0 Å². The van der Waals surface area contributed by atoms with E-state index in [2.05, 4.69) is 13.0 Å². The average Bonchev–Trinajstić information content (AvgIpc) is 2.51. The summed E-state index contributed by atoms with van der Waals surface area (Å²) in [4.78, 5) is 24.0. The molecule has 2 nitrogen and oxygen atoms in total. The summed E-state index contributed by atoms with van der Waals surface area (Å²) in [5, 5.41) is 0. The normalized spacial score (nSPS) is 10.7. The molecular formula is C21H24O2. The van der Waals surface area contributed by atoms with Gasteiger partial charge in [0, 0.05) is 17.5 Å². The molecule has 0 fully saturated rings. The number of aryl methyl sites for hydroxylation is 2. The molecule has 2 heteroatoms. The second-order valence-corrected chi connectivity index (χ2v) is 6.19. The van der Waals surface area contributed by atoms with Crippen LogP contribution in [0.5, 0.6) is 0 Å². The Balaban J connectivity index is 2.52. The van der Waals surface area contributed by atoms with Gasteiger partial charge in [0.2, 0.25) is 0 Å². The maximum absolute atomic E-state index is 12.3. The molecule has 2 rings (SSSR count). The van der Waals surface area contributed by atoms with Gasteiger partial charge < -0.3 is 0 Å². The fourth-order valence-corrected chi connectivity index (χ4v) is 2.93. The first-order chi connectivity index (χ1) is 10.8. The van der Waals surface area contributed by atoms with Crippen LogP contribution in [0, 0.1) is 20.8 Å². The number of rotatable bonds is 5. The lowest BCUT2D eigenvalue weighted by molar-refractivity contribution is 0.0984. The molecule has 2 aromatic carbocycles. The predicted molar refractivity (Wildman–Crippen MR) is 94.5 cm³/mol. The van der Waals surface area contributed by atoms with E-state index in [1.54, 1.807) is 6.92 Å². The molecule has 0 amide bonds. The third-order valence-corrected chi connectivity index (χ3v) is 4.55. The van der Waals surface area contributed by atoms with E-state index in [1.165, 1.54) is 5.56 Å². The van der Waals surface area contributed by atoms with Crippen molar-refractivity contribution >= 4 is 11.6 Å². The highest BCUT2D eigenvalue weighted by Crippen LogP contribution is 2.24. The second kappa shape index (κ2) is 6.91. The Bertz CT molecular complexity index is 770. The molecule has 0 radical (unpaired) electrons. The average molecular weight is 308 g/mol. The van der Waals surface area contributed by atoms with Gasteiger partial charge in [-0.15, -0.1) is 0 Å². The number of ketones is 2. The zero-order valence-corrected chi connectivity index (χ0v) is 14.6. The first-order valence-electron chi connectivity index (χ1n) is 8.07. The highest BCUT2D eigenvalue weighted by atomic mass is 16.1. The van der Waals surface area contributed by atoms with Crippen LogP contribution in [-0.2, 0) is 6.42 Å². The van der Waals surface area contributed by atoms with Crippen LogP contribution in [0.25, 0.3) is 0 Å². The van der Waals surface area contributed by atoms with E-state index < -0.39 is 0 Å².